The first-order chi connectivity index (χ1) is 6.34. The summed E-state index contributed by atoms with van der Waals surface area (Å²) in [5, 5.41) is 3.29. The largest absolute Gasteiger partial charge is 0.316 e. The van der Waals surface area contributed by atoms with Crippen molar-refractivity contribution in [3.8, 4) is 0 Å². The second-order valence-corrected chi connectivity index (χ2v) is 5.30. The fourth-order valence-corrected chi connectivity index (χ4v) is 2.47. The van der Waals surface area contributed by atoms with Crippen LogP contribution in [0.15, 0.2) is 33.6 Å². The number of thioether (sulfide) groups is 1. The van der Waals surface area contributed by atoms with Crippen molar-refractivity contribution in [3.63, 3.8) is 0 Å². The maximum absolute atomic E-state index is 3.43. The molecular weight excluding hydrogens is 246 g/mol. The number of halogens is 1. The number of hydrogen-bond donors (Lipinski definition) is 1. The summed E-state index contributed by atoms with van der Waals surface area (Å²) in [7, 11) is 0. The lowest BCUT2D eigenvalue weighted by molar-refractivity contribution is 0.385. The minimum absolute atomic E-state index is 0.883. The van der Waals surface area contributed by atoms with Crippen LogP contribution in [0.2, 0.25) is 0 Å². The monoisotopic (exact) mass is 257 g/mol. The van der Waals surface area contributed by atoms with Gasteiger partial charge in [0.05, 0.1) is 0 Å². The van der Waals surface area contributed by atoms with Crippen LogP contribution in [0, 0.1) is 5.92 Å². The highest BCUT2D eigenvalue weighted by Gasteiger charge is 2.16. The van der Waals surface area contributed by atoms with E-state index in [4.69, 9.17) is 0 Å². The molecule has 13 heavy (non-hydrogen) atoms. The van der Waals surface area contributed by atoms with E-state index in [0.29, 0.717) is 0 Å². The third-order valence-corrected chi connectivity index (χ3v) is 3.94. The van der Waals surface area contributed by atoms with E-state index in [1.807, 2.05) is 11.8 Å². The van der Waals surface area contributed by atoms with Gasteiger partial charge in [0.2, 0.25) is 0 Å². The Morgan fingerprint density at radius 3 is 2.54 bits per heavy atom. The second-order valence-electron chi connectivity index (χ2n) is 3.29. The molecule has 0 atom stereocenters. The van der Waals surface area contributed by atoms with Gasteiger partial charge in [0.15, 0.2) is 0 Å². The predicted octanol–water partition coefficient (Wildman–Crippen LogP) is 2.76. The van der Waals surface area contributed by atoms with Gasteiger partial charge >= 0.3 is 0 Å². The molecule has 0 aliphatic carbocycles. The topological polar surface area (TPSA) is 12.0 Å². The van der Waals surface area contributed by atoms with Crippen molar-refractivity contribution in [1.29, 1.82) is 0 Å². The summed E-state index contributed by atoms with van der Waals surface area (Å²) in [6.07, 6.45) is 0. The van der Waals surface area contributed by atoms with E-state index in [9.17, 15) is 0 Å². The Labute approximate surface area is 91.4 Å². The Balaban J connectivity index is 1.83. The molecule has 0 unspecified atom stereocenters. The van der Waals surface area contributed by atoms with Gasteiger partial charge in [-0.05, 0) is 43.3 Å². The maximum Gasteiger partial charge on any atom is 0.0176 e. The number of rotatable bonds is 3. The molecule has 1 saturated heterocycles. The van der Waals surface area contributed by atoms with Gasteiger partial charge in [-0.2, -0.15) is 0 Å². The molecule has 1 nitrogen and oxygen atoms in total. The van der Waals surface area contributed by atoms with Crippen LogP contribution in [0.5, 0.6) is 0 Å². The Kier molecular flexibility index (Phi) is 3.30. The van der Waals surface area contributed by atoms with Crippen molar-refractivity contribution in [2.24, 2.45) is 5.92 Å². The Morgan fingerprint density at radius 1 is 1.31 bits per heavy atom. The van der Waals surface area contributed by atoms with Crippen molar-refractivity contribution in [1.82, 2.24) is 5.32 Å². The smallest absolute Gasteiger partial charge is 0.0176 e. The summed E-state index contributed by atoms with van der Waals surface area (Å²) < 4.78 is 1.15. The molecule has 1 fully saturated rings. The zero-order valence-corrected chi connectivity index (χ0v) is 9.70. The van der Waals surface area contributed by atoms with Crippen LogP contribution in [0.4, 0.5) is 0 Å². The first-order valence-corrected chi connectivity index (χ1v) is 6.21. The molecule has 70 valence electrons. The van der Waals surface area contributed by atoms with E-state index in [1.54, 1.807) is 0 Å². The molecule has 1 aromatic rings. The van der Waals surface area contributed by atoms with Crippen molar-refractivity contribution >= 4 is 27.7 Å². The quantitative estimate of drug-likeness (QED) is 0.837. The van der Waals surface area contributed by atoms with Crippen LogP contribution in [0.1, 0.15) is 0 Å². The zero-order valence-electron chi connectivity index (χ0n) is 7.29. The van der Waals surface area contributed by atoms with Gasteiger partial charge < -0.3 is 5.32 Å². The second kappa shape index (κ2) is 4.49. The molecule has 0 amide bonds. The van der Waals surface area contributed by atoms with Gasteiger partial charge in [-0.3, -0.25) is 0 Å². The summed E-state index contributed by atoms with van der Waals surface area (Å²) in [6, 6.07) is 8.53. The molecule has 1 N–H and O–H groups in total. The molecular formula is C10H12BrNS. The van der Waals surface area contributed by atoms with Gasteiger partial charge in [-0.1, -0.05) is 15.9 Å². The molecule has 3 heteroatoms. The molecule has 1 aromatic carbocycles. The zero-order chi connectivity index (χ0) is 9.10. The lowest BCUT2D eigenvalue weighted by Gasteiger charge is -2.26. The van der Waals surface area contributed by atoms with Crippen LogP contribution < -0.4 is 5.32 Å². The third-order valence-electron chi connectivity index (χ3n) is 2.17. The highest BCUT2D eigenvalue weighted by atomic mass is 79.9. The van der Waals surface area contributed by atoms with Gasteiger partial charge in [0.1, 0.15) is 0 Å². The Bertz CT molecular complexity index is 269. The van der Waals surface area contributed by atoms with Crippen molar-refractivity contribution in [2.45, 2.75) is 4.90 Å². The van der Waals surface area contributed by atoms with Gasteiger partial charge in [-0.15, -0.1) is 11.8 Å². The SMILES string of the molecule is Brc1ccc(SCC2CNC2)cc1. The molecule has 1 aliphatic rings. The number of hydrogen-bond acceptors (Lipinski definition) is 2. The predicted molar refractivity (Wildman–Crippen MR) is 61.2 cm³/mol. The van der Waals surface area contributed by atoms with Crippen molar-refractivity contribution < 1.29 is 0 Å². The summed E-state index contributed by atoms with van der Waals surface area (Å²) in [6.45, 7) is 2.40. The molecule has 0 radical (unpaired) electrons. The number of benzene rings is 1. The molecule has 1 aliphatic heterocycles. The van der Waals surface area contributed by atoms with E-state index in [0.717, 1.165) is 10.4 Å². The summed E-state index contributed by atoms with van der Waals surface area (Å²) in [5.74, 6) is 2.13. The highest BCUT2D eigenvalue weighted by molar-refractivity contribution is 9.10. The summed E-state index contributed by atoms with van der Waals surface area (Å²) >= 11 is 5.38. The standard InChI is InChI=1S/C10H12BrNS/c11-9-1-3-10(4-2-9)13-7-8-5-12-6-8/h1-4,8,12H,5-7H2. The lowest BCUT2D eigenvalue weighted by atomic mass is 10.1. The minimum atomic E-state index is 0.883. The van der Waals surface area contributed by atoms with Gasteiger partial charge in [0.25, 0.3) is 0 Å². The van der Waals surface area contributed by atoms with Crippen LogP contribution in [0.25, 0.3) is 0 Å². The van der Waals surface area contributed by atoms with E-state index in [2.05, 4.69) is 45.5 Å². The first kappa shape index (κ1) is 9.56. The van der Waals surface area contributed by atoms with Crippen molar-refractivity contribution in [3.05, 3.63) is 28.7 Å². The van der Waals surface area contributed by atoms with E-state index in [-0.39, 0.29) is 0 Å². The van der Waals surface area contributed by atoms with Crippen LogP contribution in [-0.2, 0) is 0 Å². The Morgan fingerprint density at radius 2 is 2.00 bits per heavy atom. The third kappa shape index (κ3) is 2.73. The average Bonchev–Trinajstić information content (AvgIpc) is 2.05. The first-order valence-electron chi connectivity index (χ1n) is 4.44. The summed E-state index contributed by atoms with van der Waals surface area (Å²) in [4.78, 5) is 1.37. The van der Waals surface area contributed by atoms with E-state index in [1.165, 1.54) is 23.7 Å². The highest BCUT2D eigenvalue weighted by Crippen LogP contribution is 2.23. The van der Waals surface area contributed by atoms with E-state index >= 15 is 0 Å². The average molecular weight is 258 g/mol. The molecule has 0 aromatic heterocycles. The fourth-order valence-electron chi connectivity index (χ4n) is 1.21. The fraction of sp³-hybridized carbons (Fsp3) is 0.400. The molecule has 2 rings (SSSR count). The van der Waals surface area contributed by atoms with E-state index < -0.39 is 0 Å². The van der Waals surface area contributed by atoms with Crippen LogP contribution in [-0.4, -0.2) is 18.8 Å². The molecule has 1 heterocycles. The molecule has 0 bridgehead atoms. The lowest BCUT2D eigenvalue weighted by Crippen LogP contribution is -2.43. The minimum Gasteiger partial charge on any atom is -0.316 e. The van der Waals surface area contributed by atoms with Crippen LogP contribution in [0.3, 0.4) is 0 Å². The molecule has 0 saturated carbocycles. The van der Waals surface area contributed by atoms with Gasteiger partial charge in [0, 0.05) is 15.1 Å². The number of nitrogens with one attached hydrogen (secondary N) is 1. The summed E-state index contributed by atoms with van der Waals surface area (Å²) in [5.41, 5.74) is 0. The maximum atomic E-state index is 3.43. The van der Waals surface area contributed by atoms with Crippen molar-refractivity contribution in [2.75, 3.05) is 18.8 Å². The van der Waals surface area contributed by atoms with Crippen LogP contribution >= 0.6 is 27.7 Å². The molecule has 0 spiro atoms. The normalized spacial score (nSPS) is 17.0. The van der Waals surface area contributed by atoms with Gasteiger partial charge in [-0.25, -0.2) is 0 Å². The Hall–Kier alpha value is 0.01000.